The molecule has 130 valence electrons. The summed E-state index contributed by atoms with van der Waals surface area (Å²) >= 11 is 5.83. The van der Waals surface area contributed by atoms with Crippen LogP contribution in [0.5, 0.6) is 0 Å². The molecule has 0 spiro atoms. The van der Waals surface area contributed by atoms with E-state index in [2.05, 4.69) is 10.6 Å². The molecule has 1 saturated heterocycles. The van der Waals surface area contributed by atoms with E-state index in [0.29, 0.717) is 23.3 Å². The zero-order chi connectivity index (χ0) is 18.0. The first-order valence-corrected chi connectivity index (χ1v) is 7.88. The van der Waals surface area contributed by atoms with Crippen LogP contribution in [0.4, 0.5) is 25.0 Å². The molecule has 0 radical (unpaired) electrons. The highest BCUT2D eigenvalue weighted by Gasteiger charge is 2.31. The highest BCUT2D eigenvalue weighted by molar-refractivity contribution is 6.30. The number of carbonyl (C=O) groups excluding carboxylic acids is 2. The number of amides is 3. The normalized spacial score (nSPS) is 16.8. The van der Waals surface area contributed by atoms with Crippen LogP contribution in [-0.4, -0.2) is 24.5 Å². The van der Waals surface area contributed by atoms with E-state index >= 15 is 0 Å². The Labute approximate surface area is 147 Å². The van der Waals surface area contributed by atoms with Gasteiger partial charge in [-0.3, -0.25) is 4.79 Å². The van der Waals surface area contributed by atoms with E-state index in [1.165, 1.54) is 0 Å². The van der Waals surface area contributed by atoms with Gasteiger partial charge >= 0.3 is 6.03 Å². The number of hydrogen-bond donors (Lipinski definition) is 2. The zero-order valence-corrected chi connectivity index (χ0v) is 13.7. The Morgan fingerprint density at radius 3 is 2.56 bits per heavy atom. The molecule has 1 fully saturated rings. The minimum absolute atomic E-state index is 0.127. The molecule has 1 heterocycles. The summed E-state index contributed by atoms with van der Waals surface area (Å²) in [4.78, 5) is 25.6. The average Bonchev–Trinajstić information content (AvgIpc) is 2.91. The first-order chi connectivity index (χ1) is 11.9. The number of benzene rings is 2. The van der Waals surface area contributed by atoms with E-state index in [1.807, 2.05) is 0 Å². The van der Waals surface area contributed by atoms with Gasteiger partial charge in [0.15, 0.2) is 0 Å². The minimum Gasteiger partial charge on any atom is -0.333 e. The number of urea groups is 1. The first-order valence-electron chi connectivity index (χ1n) is 7.51. The van der Waals surface area contributed by atoms with E-state index in [0.717, 1.165) is 12.1 Å². The van der Waals surface area contributed by atoms with Gasteiger partial charge in [-0.2, -0.15) is 0 Å². The molecule has 2 aromatic rings. The molecule has 0 aromatic heterocycles. The van der Waals surface area contributed by atoms with Crippen LogP contribution in [0.25, 0.3) is 0 Å². The maximum absolute atomic E-state index is 13.5. The molecule has 2 aromatic carbocycles. The van der Waals surface area contributed by atoms with Gasteiger partial charge in [-0.25, -0.2) is 13.6 Å². The molecule has 3 amide bonds. The molecule has 0 unspecified atom stereocenters. The van der Waals surface area contributed by atoms with Crippen LogP contribution >= 0.6 is 11.6 Å². The van der Waals surface area contributed by atoms with Crippen LogP contribution in [0.1, 0.15) is 6.42 Å². The van der Waals surface area contributed by atoms with Crippen molar-refractivity contribution in [3.05, 3.63) is 59.1 Å². The van der Waals surface area contributed by atoms with Gasteiger partial charge < -0.3 is 15.5 Å². The summed E-state index contributed by atoms with van der Waals surface area (Å²) in [6, 6.07) is 8.55. The third-order valence-electron chi connectivity index (χ3n) is 3.78. The van der Waals surface area contributed by atoms with Gasteiger partial charge in [0.25, 0.3) is 0 Å². The fourth-order valence-electron chi connectivity index (χ4n) is 2.61. The van der Waals surface area contributed by atoms with Gasteiger partial charge in [-0.15, -0.1) is 0 Å². The number of nitrogens with zero attached hydrogens (tertiary/aromatic N) is 1. The Hall–Kier alpha value is -2.67. The standard InChI is InChI=1S/C17H14ClF2N3O2/c18-10-1-4-13(5-2-10)23-9-12(8-16(23)24)21-17(25)22-15-6-3-11(19)7-14(15)20/h1-7,12H,8-9H2,(H2,21,22,25)/t12-/m1/s1. The summed E-state index contributed by atoms with van der Waals surface area (Å²) in [6.45, 7) is 0.291. The van der Waals surface area contributed by atoms with Crippen LogP contribution in [0, 0.1) is 11.6 Å². The van der Waals surface area contributed by atoms with Gasteiger partial charge in [0, 0.05) is 29.7 Å². The van der Waals surface area contributed by atoms with E-state index < -0.39 is 23.7 Å². The van der Waals surface area contributed by atoms with E-state index in [4.69, 9.17) is 11.6 Å². The van der Waals surface area contributed by atoms with Crippen LogP contribution < -0.4 is 15.5 Å². The van der Waals surface area contributed by atoms with Crippen molar-refractivity contribution in [1.29, 1.82) is 0 Å². The van der Waals surface area contributed by atoms with Crippen molar-refractivity contribution in [2.75, 3.05) is 16.8 Å². The third kappa shape index (κ3) is 4.06. The second-order valence-corrected chi connectivity index (χ2v) is 6.04. The topological polar surface area (TPSA) is 61.4 Å². The molecule has 1 aliphatic rings. The van der Waals surface area contributed by atoms with E-state index in [1.54, 1.807) is 29.2 Å². The lowest BCUT2D eigenvalue weighted by Gasteiger charge is -2.17. The second-order valence-electron chi connectivity index (χ2n) is 5.60. The molecule has 2 N–H and O–H groups in total. The Morgan fingerprint density at radius 2 is 1.88 bits per heavy atom. The fraction of sp³-hybridized carbons (Fsp3) is 0.176. The van der Waals surface area contributed by atoms with Crippen molar-refractivity contribution in [2.24, 2.45) is 0 Å². The fourth-order valence-corrected chi connectivity index (χ4v) is 2.74. The highest BCUT2D eigenvalue weighted by Crippen LogP contribution is 2.23. The quantitative estimate of drug-likeness (QED) is 0.873. The SMILES string of the molecule is O=C(Nc1ccc(F)cc1F)N[C@@H]1CC(=O)N(c2ccc(Cl)cc2)C1. The van der Waals surface area contributed by atoms with Crippen LogP contribution in [0.15, 0.2) is 42.5 Å². The van der Waals surface area contributed by atoms with Gasteiger partial charge in [0.05, 0.1) is 11.7 Å². The van der Waals surface area contributed by atoms with Gasteiger partial charge in [-0.05, 0) is 36.4 Å². The molecule has 0 aliphatic carbocycles. The van der Waals surface area contributed by atoms with Gasteiger partial charge in [-0.1, -0.05) is 11.6 Å². The average molecular weight is 366 g/mol. The Morgan fingerprint density at radius 1 is 1.16 bits per heavy atom. The smallest absolute Gasteiger partial charge is 0.319 e. The predicted molar refractivity (Wildman–Crippen MR) is 90.7 cm³/mol. The third-order valence-corrected chi connectivity index (χ3v) is 4.03. The lowest BCUT2D eigenvalue weighted by molar-refractivity contribution is -0.117. The number of anilines is 2. The monoisotopic (exact) mass is 365 g/mol. The summed E-state index contributed by atoms with van der Waals surface area (Å²) in [6.07, 6.45) is 0.127. The maximum Gasteiger partial charge on any atom is 0.319 e. The summed E-state index contributed by atoms with van der Waals surface area (Å²) in [5.74, 6) is -1.75. The summed E-state index contributed by atoms with van der Waals surface area (Å²) < 4.78 is 26.4. The Kier molecular flexibility index (Phi) is 4.85. The maximum atomic E-state index is 13.5. The van der Waals surface area contributed by atoms with E-state index in [9.17, 15) is 18.4 Å². The number of nitrogens with one attached hydrogen (secondary N) is 2. The summed E-state index contributed by atoms with van der Waals surface area (Å²) in [5.41, 5.74) is 0.543. The van der Waals surface area contributed by atoms with Crippen molar-refractivity contribution in [3.8, 4) is 0 Å². The summed E-state index contributed by atoms with van der Waals surface area (Å²) in [7, 11) is 0. The molecular weight excluding hydrogens is 352 g/mol. The lowest BCUT2D eigenvalue weighted by Crippen LogP contribution is -2.39. The first kappa shape index (κ1) is 17.2. The van der Waals surface area contributed by atoms with Crippen molar-refractivity contribution >= 4 is 34.9 Å². The summed E-state index contributed by atoms with van der Waals surface area (Å²) in [5, 5.41) is 5.47. The molecule has 0 saturated carbocycles. The van der Waals surface area contributed by atoms with Crippen LogP contribution in [0.3, 0.4) is 0 Å². The van der Waals surface area contributed by atoms with Crippen LogP contribution in [-0.2, 0) is 4.79 Å². The van der Waals surface area contributed by atoms with Crippen LogP contribution in [0.2, 0.25) is 5.02 Å². The molecule has 0 bridgehead atoms. The molecule has 5 nitrogen and oxygen atoms in total. The second kappa shape index (κ2) is 7.06. The molecular formula is C17H14ClF2N3O2. The number of carbonyl (C=O) groups is 2. The molecule has 25 heavy (non-hydrogen) atoms. The van der Waals surface area contributed by atoms with Gasteiger partial charge in [0.2, 0.25) is 5.91 Å². The number of halogens is 3. The lowest BCUT2D eigenvalue weighted by atomic mass is 10.2. The zero-order valence-electron chi connectivity index (χ0n) is 12.9. The molecule has 3 rings (SSSR count). The van der Waals surface area contributed by atoms with Crippen molar-refractivity contribution in [2.45, 2.75) is 12.5 Å². The Balaban J connectivity index is 1.61. The minimum atomic E-state index is -0.875. The Bertz CT molecular complexity index is 814. The van der Waals surface area contributed by atoms with Crippen molar-refractivity contribution in [1.82, 2.24) is 5.32 Å². The highest BCUT2D eigenvalue weighted by atomic mass is 35.5. The van der Waals surface area contributed by atoms with Crippen molar-refractivity contribution in [3.63, 3.8) is 0 Å². The molecule has 1 atom stereocenters. The van der Waals surface area contributed by atoms with Gasteiger partial charge in [0.1, 0.15) is 11.6 Å². The predicted octanol–water partition coefficient (Wildman–Crippen LogP) is 3.55. The largest absolute Gasteiger partial charge is 0.333 e. The van der Waals surface area contributed by atoms with Crippen molar-refractivity contribution < 1.29 is 18.4 Å². The number of hydrogen-bond acceptors (Lipinski definition) is 2. The molecule has 1 aliphatic heterocycles. The molecule has 8 heteroatoms. The van der Waals surface area contributed by atoms with E-state index in [-0.39, 0.29) is 18.0 Å². The number of rotatable bonds is 3.